The van der Waals surface area contributed by atoms with Crippen LogP contribution in [0.2, 0.25) is 10.0 Å². The number of carbonyl (C=O) groups excluding carboxylic acids is 2. The highest BCUT2D eigenvalue weighted by atomic mass is 35.5. The Bertz CT molecular complexity index is 990. The van der Waals surface area contributed by atoms with Gasteiger partial charge in [0.15, 0.2) is 5.13 Å². The Hall–Kier alpha value is -2.41. The van der Waals surface area contributed by atoms with Gasteiger partial charge in [0.25, 0.3) is 11.8 Å². The van der Waals surface area contributed by atoms with Crippen LogP contribution in [0.3, 0.4) is 0 Å². The van der Waals surface area contributed by atoms with Crippen LogP contribution in [0.4, 0.5) is 5.13 Å². The molecule has 5 nitrogen and oxygen atoms in total. The number of nitrogens with zero attached hydrogens (tertiary/aromatic N) is 1. The van der Waals surface area contributed by atoms with Gasteiger partial charge in [0.1, 0.15) is 4.88 Å². The average molecular weight is 420 g/mol. The summed E-state index contributed by atoms with van der Waals surface area (Å²) in [5.74, 6) is -0.652. The van der Waals surface area contributed by atoms with Crippen molar-refractivity contribution in [1.29, 1.82) is 0 Å². The summed E-state index contributed by atoms with van der Waals surface area (Å²) >= 11 is 13.0. The van der Waals surface area contributed by atoms with Gasteiger partial charge < -0.3 is 5.32 Å². The number of amides is 2. The second-order valence-corrected chi connectivity index (χ2v) is 7.52. The lowest BCUT2D eigenvalue weighted by Crippen LogP contribution is -2.22. The minimum Gasteiger partial charge on any atom is -0.347 e. The molecule has 138 valence electrons. The number of thiazole rings is 1. The van der Waals surface area contributed by atoms with E-state index in [9.17, 15) is 9.59 Å². The van der Waals surface area contributed by atoms with Gasteiger partial charge in [-0.25, -0.2) is 4.98 Å². The largest absolute Gasteiger partial charge is 0.347 e. The standard InChI is InChI=1S/C19H15Cl2N3O2S/c1-11-16(18(26)22-10-12-5-3-2-4-6-12)27-19(23-11)24-17(25)14-8-7-13(20)9-15(14)21/h2-9H,10H2,1H3,(H,22,26)(H,23,24,25). The quantitative estimate of drug-likeness (QED) is 0.614. The van der Waals surface area contributed by atoms with Gasteiger partial charge in [0.05, 0.1) is 16.3 Å². The first-order valence-corrected chi connectivity index (χ1v) is 9.57. The molecule has 1 heterocycles. The molecular weight excluding hydrogens is 405 g/mol. The maximum atomic E-state index is 12.4. The fourth-order valence-corrected chi connectivity index (χ4v) is 3.73. The Balaban J connectivity index is 1.68. The van der Waals surface area contributed by atoms with Gasteiger partial charge in [-0.15, -0.1) is 0 Å². The number of rotatable bonds is 5. The number of benzene rings is 2. The highest BCUT2D eigenvalue weighted by Crippen LogP contribution is 2.25. The molecule has 0 spiro atoms. The van der Waals surface area contributed by atoms with Crippen molar-refractivity contribution in [1.82, 2.24) is 10.3 Å². The molecule has 3 aromatic rings. The zero-order valence-electron chi connectivity index (χ0n) is 14.3. The number of anilines is 1. The van der Waals surface area contributed by atoms with Crippen LogP contribution in [0.15, 0.2) is 48.5 Å². The topological polar surface area (TPSA) is 71.1 Å². The van der Waals surface area contributed by atoms with Crippen LogP contribution in [-0.4, -0.2) is 16.8 Å². The first kappa shape index (κ1) is 19.4. The Morgan fingerprint density at radius 3 is 2.52 bits per heavy atom. The Labute approximate surface area is 170 Å². The fraction of sp³-hybridized carbons (Fsp3) is 0.105. The van der Waals surface area contributed by atoms with Crippen LogP contribution in [0.5, 0.6) is 0 Å². The number of aromatic nitrogens is 1. The fourth-order valence-electron chi connectivity index (χ4n) is 2.36. The van der Waals surface area contributed by atoms with Crippen LogP contribution in [0, 0.1) is 6.92 Å². The van der Waals surface area contributed by atoms with Crippen LogP contribution < -0.4 is 10.6 Å². The molecule has 0 unspecified atom stereocenters. The highest BCUT2D eigenvalue weighted by molar-refractivity contribution is 7.17. The molecule has 0 aliphatic rings. The predicted molar refractivity (Wildman–Crippen MR) is 109 cm³/mol. The van der Waals surface area contributed by atoms with Crippen molar-refractivity contribution in [3.05, 3.63) is 80.3 Å². The van der Waals surface area contributed by atoms with Crippen molar-refractivity contribution >= 4 is 51.5 Å². The smallest absolute Gasteiger partial charge is 0.263 e. The van der Waals surface area contributed by atoms with E-state index in [1.54, 1.807) is 13.0 Å². The number of hydrogen-bond donors (Lipinski definition) is 2. The van der Waals surface area contributed by atoms with Crippen LogP contribution >= 0.6 is 34.5 Å². The molecule has 0 aliphatic carbocycles. The summed E-state index contributed by atoms with van der Waals surface area (Å²) in [6.45, 7) is 2.14. The lowest BCUT2D eigenvalue weighted by molar-refractivity contribution is 0.0953. The van der Waals surface area contributed by atoms with Gasteiger partial charge in [-0.2, -0.15) is 0 Å². The van der Waals surface area contributed by atoms with Gasteiger partial charge in [0.2, 0.25) is 0 Å². The molecule has 2 amide bonds. The molecule has 2 aromatic carbocycles. The molecule has 0 saturated heterocycles. The zero-order chi connectivity index (χ0) is 19.4. The normalized spacial score (nSPS) is 10.5. The highest BCUT2D eigenvalue weighted by Gasteiger charge is 2.18. The monoisotopic (exact) mass is 419 g/mol. The zero-order valence-corrected chi connectivity index (χ0v) is 16.6. The summed E-state index contributed by atoms with van der Waals surface area (Å²) in [5.41, 5.74) is 1.82. The van der Waals surface area contributed by atoms with Crippen LogP contribution in [0.1, 0.15) is 31.3 Å². The van der Waals surface area contributed by atoms with Gasteiger partial charge in [-0.3, -0.25) is 14.9 Å². The average Bonchev–Trinajstić information content (AvgIpc) is 3.00. The maximum absolute atomic E-state index is 12.4. The number of aryl methyl sites for hydroxylation is 1. The number of hydrogen-bond acceptors (Lipinski definition) is 4. The molecule has 2 N–H and O–H groups in total. The van der Waals surface area contributed by atoms with Crippen molar-refractivity contribution in [3.8, 4) is 0 Å². The Morgan fingerprint density at radius 2 is 1.81 bits per heavy atom. The molecule has 0 aliphatic heterocycles. The van der Waals surface area contributed by atoms with Crippen LogP contribution in [0.25, 0.3) is 0 Å². The first-order chi connectivity index (χ1) is 12.9. The molecule has 0 saturated carbocycles. The summed E-state index contributed by atoms with van der Waals surface area (Å²) in [6, 6.07) is 14.2. The molecule has 0 radical (unpaired) electrons. The molecule has 0 atom stereocenters. The minimum absolute atomic E-state index is 0.237. The lowest BCUT2D eigenvalue weighted by atomic mass is 10.2. The SMILES string of the molecule is Cc1nc(NC(=O)c2ccc(Cl)cc2Cl)sc1C(=O)NCc1ccccc1. The van der Waals surface area contributed by atoms with Gasteiger partial charge >= 0.3 is 0 Å². The Kier molecular flexibility index (Phi) is 6.11. The molecule has 0 bridgehead atoms. The van der Waals surface area contributed by atoms with E-state index in [1.165, 1.54) is 12.1 Å². The molecule has 0 fully saturated rings. The van der Waals surface area contributed by atoms with E-state index < -0.39 is 5.91 Å². The predicted octanol–water partition coefficient (Wildman–Crippen LogP) is 4.94. The molecular formula is C19H15Cl2N3O2S. The van der Waals surface area contributed by atoms with Crippen molar-refractivity contribution < 1.29 is 9.59 Å². The summed E-state index contributed by atoms with van der Waals surface area (Å²) in [4.78, 5) is 29.5. The molecule has 1 aromatic heterocycles. The van der Waals surface area contributed by atoms with Gasteiger partial charge in [0, 0.05) is 11.6 Å². The van der Waals surface area contributed by atoms with E-state index in [0.717, 1.165) is 16.9 Å². The van der Waals surface area contributed by atoms with Crippen molar-refractivity contribution in [2.24, 2.45) is 0 Å². The van der Waals surface area contributed by atoms with E-state index in [0.29, 0.717) is 27.3 Å². The van der Waals surface area contributed by atoms with Gasteiger partial charge in [-0.05, 0) is 30.7 Å². The van der Waals surface area contributed by atoms with Crippen molar-refractivity contribution in [2.75, 3.05) is 5.32 Å². The number of carbonyl (C=O) groups is 2. The van der Waals surface area contributed by atoms with E-state index in [1.807, 2.05) is 30.3 Å². The summed E-state index contributed by atoms with van der Waals surface area (Å²) < 4.78 is 0. The van der Waals surface area contributed by atoms with Crippen molar-refractivity contribution in [2.45, 2.75) is 13.5 Å². The van der Waals surface area contributed by atoms with E-state index in [2.05, 4.69) is 15.6 Å². The lowest BCUT2D eigenvalue weighted by Gasteiger charge is -2.04. The Morgan fingerprint density at radius 1 is 1.07 bits per heavy atom. The minimum atomic E-state index is -0.415. The maximum Gasteiger partial charge on any atom is 0.263 e. The van der Waals surface area contributed by atoms with Crippen LogP contribution in [-0.2, 0) is 6.54 Å². The third-order valence-corrected chi connectivity index (χ3v) is 5.31. The third-order valence-electron chi connectivity index (χ3n) is 3.69. The first-order valence-electron chi connectivity index (χ1n) is 8.00. The molecule has 27 heavy (non-hydrogen) atoms. The number of nitrogens with one attached hydrogen (secondary N) is 2. The van der Waals surface area contributed by atoms with Crippen molar-refractivity contribution in [3.63, 3.8) is 0 Å². The van der Waals surface area contributed by atoms with E-state index in [4.69, 9.17) is 23.2 Å². The second kappa shape index (κ2) is 8.52. The molecule has 8 heteroatoms. The second-order valence-electron chi connectivity index (χ2n) is 5.68. The number of halogens is 2. The van der Waals surface area contributed by atoms with Gasteiger partial charge in [-0.1, -0.05) is 64.9 Å². The van der Waals surface area contributed by atoms with E-state index in [-0.39, 0.29) is 16.5 Å². The van der Waals surface area contributed by atoms with E-state index >= 15 is 0 Å². The summed E-state index contributed by atoms with van der Waals surface area (Å²) in [5, 5.41) is 6.54. The molecule has 3 rings (SSSR count). The third kappa shape index (κ3) is 4.86. The summed E-state index contributed by atoms with van der Waals surface area (Å²) in [6.07, 6.45) is 0. The summed E-state index contributed by atoms with van der Waals surface area (Å²) in [7, 11) is 0.